The summed E-state index contributed by atoms with van der Waals surface area (Å²) < 4.78 is 49.1. The van der Waals surface area contributed by atoms with Gasteiger partial charge in [-0.25, -0.2) is 0 Å². The lowest BCUT2D eigenvalue weighted by molar-refractivity contribution is -0.137. The first-order valence-electron chi connectivity index (χ1n) is 12.0. The van der Waals surface area contributed by atoms with Gasteiger partial charge in [-0.2, -0.15) is 18.3 Å². The van der Waals surface area contributed by atoms with Crippen LogP contribution in [-0.4, -0.2) is 20.9 Å². The number of benzene rings is 4. The Morgan fingerprint density at radius 1 is 0.842 bits per heavy atom. The first kappa shape index (κ1) is 25.1. The summed E-state index contributed by atoms with van der Waals surface area (Å²) in [6.45, 7) is 0.297. The average Bonchev–Trinajstić information content (AvgIpc) is 3.26. The summed E-state index contributed by atoms with van der Waals surface area (Å²) in [6.07, 6.45) is -4.07. The van der Waals surface area contributed by atoms with Crippen LogP contribution in [0.2, 0.25) is 0 Å². The number of carbonyl (C=O) groups is 1. The quantitative estimate of drug-likeness (QED) is 0.231. The number of aromatic nitrogens is 2. The molecule has 0 spiro atoms. The Labute approximate surface area is 216 Å². The molecule has 0 amide bonds. The maximum Gasteiger partial charge on any atom is 0.418 e. The number of carboxylic acids is 1. The molecule has 0 saturated heterocycles. The third-order valence-electron chi connectivity index (χ3n) is 6.14. The van der Waals surface area contributed by atoms with Crippen molar-refractivity contribution in [2.75, 3.05) is 0 Å². The summed E-state index contributed by atoms with van der Waals surface area (Å²) in [5.41, 5.74) is 2.13. The van der Waals surface area contributed by atoms with Crippen molar-refractivity contribution < 1.29 is 27.8 Å². The monoisotopic (exact) mass is 516 g/mol. The summed E-state index contributed by atoms with van der Waals surface area (Å²) in [6, 6.07) is 27.8. The van der Waals surface area contributed by atoms with Gasteiger partial charge in [0.05, 0.1) is 17.8 Å². The molecule has 0 aliphatic heterocycles. The lowest BCUT2D eigenvalue weighted by Gasteiger charge is -2.11. The van der Waals surface area contributed by atoms with Crippen LogP contribution < -0.4 is 4.74 Å². The minimum Gasteiger partial charge on any atom is -0.481 e. The number of ether oxygens (including phenoxy) is 1. The van der Waals surface area contributed by atoms with Gasteiger partial charge >= 0.3 is 12.1 Å². The largest absolute Gasteiger partial charge is 0.481 e. The van der Waals surface area contributed by atoms with Gasteiger partial charge in [-0.3, -0.25) is 9.48 Å². The van der Waals surface area contributed by atoms with Crippen LogP contribution in [0.5, 0.6) is 11.5 Å². The zero-order chi connectivity index (χ0) is 26.7. The predicted molar refractivity (Wildman–Crippen MR) is 138 cm³/mol. The van der Waals surface area contributed by atoms with Gasteiger partial charge in [0, 0.05) is 17.4 Å². The van der Waals surface area contributed by atoms with Crippen LogP contribution in [0.15, 0.2) is 97.1 Å². The van der Waals surface area contributed by atoms with E-state index in [-0.39, 0.29) is 11.9 Å². The molecule has 0 unspecified atom stereocenters. The van der Waals surface area contributed by atoms with Crippen LogP contribution in [-0.2, 0) is 23.9 Å². The van der Waals surface area contributed by atoms with Gasteiger partial charge in [0.25, 0.3) is 0 Å². The van der Waals surface area contributed by atoms with Crippen LogP contribution in [0.3, 0.4) is 0 Å². The molecule has 0 saturated carbocycles. The Morgan fingerprint density at radius 2 is 1.58 bits per heavy atom. The van der Waals surface area contributed by atoms with Crippen molar-refractivity contribution in [1.82, 2.24) is 9.78 Å². The molecule has 5 aromatic rings. The summed E-state index contributed by atoms with van der Waals surface area (Å²) in [4.78, 5) is 10.8. The molecule has 1 aromatic heterocycles. The van der Waals surface area contributed by atoms with E-state index in [0.29, 0.717) is 41.1 Å². The topological polar surface area (TPSA) is 64.3 Å². The Balaban J connectivity index is 1.52. The number of carboxylic acid groups (broad SMARTS) is 1. The van der Waals surface area contributed by atoms with Crippen LogP contribution >= 0.6 is 0 Å². The van der Waals surface area contributed by atoms with Crippen molar-refractivity contribution >= 4 is 16.9 Å². The van der Waals surface area contributed by atoms with E-state index in [9.17, 15) is 18.0 Å². The molecule has 0 aliphatic rings. The van der Waals surface area contributed by atoms with Crippen molar-refractivity contribution in [1.29, 1.82) is 0 Å². The Bertz CT molecular complexity index is 1580. The van der Waals surface area contributed by atoms with Crippen LogP contribution in [0.25, 0.3) is 22.2 Å². The number of fused-ring (bicyclic) bond motifs is 1. The lowest BCUT2D eigenvalue weighted by Crippen LogP contribution is -2.06. The molecule has 4 aromatic carbocycles. The summed E-state index contributed by atoms with van der Waals surface area (Å²) in [5.74, 6) is 0.208. The molecule has 5 nitrogen and oxygen atoms in total. The maximum atomic E-state index is 13.8. The first-order valence-corrected chi connectivity index (χ1v) is 12.0. The highest BCUT2D eigenvalue weighted by molar-refractivity contribution is 5.95. The maximum absolute atomic E-state index is 13.8. The van der Waals surface area contributed by atoms with Crippen molar-refractivity contribution in [3.8, 4) is 22.8 Å². The fraction of sp³-hybridized carbons (Fsp3) is 0.133. The molecule has 8 heteroatoms. The van der Waals surface area contributed by atoms with Crippen LogP contribution in [0.1, 0.15) is 23.1 Å². The van der Waals surface area contributed by atoms with E-state index in [1.54, 1.807) is 41.1 Å². The second kappa shape index (κ2) is 10.4. The molecule has 1 N–H and O–H groups in total. The lowest BCUT2D eigenvalue weighted by atomic mass is 10.0. The SMILES string of the molecule is O=C(O)CCc1ccc(Oc2cccc(-c3c4cccc(C(F)(F)F)c4nn3Cc3ccccc3)c2)cc1. The van der Waals surface area contributed by atoms with Gasteiger partial charge in [-0.05, 0) is 47.9 Å². The zero-order valence-corrected chi connectivity index (χ0v) is 20.2. The molecule has 0 aliphatic carbocycles. The standard InChI is InChI=1S/C30H23F3N2O3/c31-30(32,33)26-11-5-10-25-28(26)34-35(19-21-6-2-1-3-7-21)29(25)22-8-4-9-24(18-22)38-23-15-12-20(13-16-23)14-17-27(36)37/h1-13,15-16,18H,14,17,19H2,(H,36,37). The fourth-order valence-corrected chi connectivity index (χ4v) is 4.37. The van der Waals surface area contributed by atoms with E-state index in [1.165, 1.54) is 6.07 Å². The average molecular weight is 517 g/mol. The second-order valence-electron chi connectivity index (χ2n) is 8.86. The fourth-order valence-electron chi connectivity index (χ4n) is 4.37. The smallest absolute Gasteiger partial charge is 0.418 e. The highest BCUT2D eigenvalue weighted by atomic mass is 19.4. The van der Waals surface area contributed by atoms with Crippen molar-refractivity contribution in [2.45, 2.75) is 25.6 Å². The minimum atomic E-state index is -4.54. The van der Waals surface area contributed by atoms with E-state index in [2.05, 4.69) is 5.10 Å². The minimum absolute atomic E-state index is 0.0446. The number of hydrogen-bond acceptors (Lipinski definition) is 3. The Hall–Kier alpha value is -4.59. The molecule has 0 fully saturated rings. The number of alkyl halides is 3. The molecule has 192 valence electrons. The first-order chi connectivity index (χ1) is 18.3. The van der Waals surface area contributed by atoms with Gasteiger partial charge in [0.2, 0.25) is 0 Å². The molecule has 1 heterocycles. The van der Waals surface area contributed by atoms with Crippen molar-refractivity contribution in [2.24, 2.45) is 0 Å². The van der Waals surface area contributed by atoms with E-state index in [1.807, 2.05) is 48.5 Å². The van der Waals surface area contributed by atoms with Gasteiger partial charge in [0.1, 0.15) is 17.0 Å². The van der Waals surface area contributed by atoms with Gasteiger partial charge in [0.15, 0.2) is 0 Å². The third kappa shape index (κ3) is 5.54. The van der Waals surface area contributed by atoms with E-state index in [4.69, 9.17) is 9.84 Å². The van der Waals surface area contributed by atoms with Crippen LogP contribution in [0.4, 0.5) is 13.2 Å². The number of aliphatic carboxylic acids is 1. The number of hydrogen-bond donors (Lipinski definition) is 1. The highest BCUT2D eigenvalue weighted by Gasteiger charge is 2.34. The molecule has 5 rings (SSSR count). The summed E-state index contributed by atoms with van der Waals surface area (Å²) in [7, 11) is 0. The molecule has 38 heavy (non-hydrogen) atoms. The van der Waals surface area contributed by atoms with Gasteiger partial charge in [-0.15, -0.1) is 0 Å². The number of aryl methyl sites for hydroxylation is 1. The van der Waals surface area contributed by atoms with E-state index < -0.39 is 17.7 Å². The Morgan fingerprint density at radius 3 is 2.29 bits per heavy atom. The van der Waals surface area contributed by atoms with Crippen molar-refractivity contribution in [3.05, 3.63) is 114 Å². The molecular weight excluding hydrogens is 493 g/mol. The summed E-state index contributed by atoms with van der Waals surface area (Å²) in [5, 5.41) is 13.7. The highest BCUT2D eigenvalue weighted by Crippen LogP contribution is 2.39. The third-order valence-corrected chi connectivity index (χ3v) is 6.14. The normalized spacial score (nSPS) is 11.6. The number of nitrogens with zero attached hydrogens (tertiary/aromatic N) is 2. The van der Waals surface area contributed by atoms with Crippen molar-refractivity contribution in [3.63, 3.8) is 0 Å². The molecule has 0 atom stereocenters. The zero-order valence-electron chi connectivity index (χ0n) is 20.2. The number of rotatable bonds is 8. The second-order valence-corrected chi connectivity index (χ2v) is 8.86. The van der Waals surface area contributed by atoms with E-state index >= 15 is 0 Å². The molecule has 0 radical (unpaired) electrons. The van der Waals surface area contributed by atoms with Gasteiger partial charge in [-0.1, -0.05) is 66.7 Å². The van der Waals surface area contributed by atoms with Gasteiger partial charge < -0.3 is 9.84 Å². The molecule has 0 bridgehead atoms. The summed E-state index contributed by atoms with van der Waals surface area (Å²) >= 11 is 0. The van der Waals surface area contributed by atoms with Crippen LogP contribution in [0, 0.1) is 0 Å². The number of halogens is 3. The van der Waals surface area contributed by atoms with E-state index in [0.717, 1.165) is 17.2 Å². The predicted octanol–water partition coefficient (Wildman–Crippen LogP) is 7.58. The molecular formula is C30H23F3N2O3. The Kier molecular flexibility index (Phi) is 6.87.